The van der Waals surface area contributed by atoms with Gasteiger partial charge >= 0.3 is 0 Å². The maximum atomic E-state index is 14.4. The van der Waals surface area contributed by atoms with Crippen LogP contribution < -0.4 is 9.64 Å². The number of piperazine rings is 1. The summed E-state index contributed by atoms with van der Waals surface area (Å²) in [6, 6.07) is 10.5. The molecule has 6 heteroatoms. The second-order valence-electron chi connectivity index (χ2n) is 7.33. The molecule has 2 aromatic carbocycles. The van der Waals surface area contributed by atoms with Crippen LogP contribution in [0.1, 0.15) is 28.4 Å². The van der Waals surface area contributed by atoms with Gasteiger partial charge in [0.15, 0.2) is 5.78 Å². The van der Waals surface area contributed by atoms with E-state index < -0.39 is 5.82 Å². The molecule has 0 spiro atoms. The number of fused-ring (bicyclic) bond motifs is 1. The van der Waals surface area contributed by atoms with Crippen LogP contribution in [0.15, 0.2) is 42.5 Å². The number of anilines is 1. The third-order valence-corrected chi connectivity index (χ3v) is 5.42. The first kappa shape index (κ1) is 19.2. The Morgan fingerprint density at radius 2 is 1.86 bits per heavy atom. The van der Waals surface area contributed by atoms with Crippen molar-refractivity contribution >= 4 is 23.5 Å². The predicted molar refractivity (Wildman–Crippen MR) is 110 cm³/mol. The van der Waals surface area contributed by atoms with Crippen molar-refractivity contribution in [2.45, 2.75) is 13.3 Å². The van der Waals surface area contributed by atoms with E-state index in [0.717, 1.165) is 17.7 Å². The Hall–Kier alpha value is -3.15. The number of benzene rings is 2. The minimum absolute atomic E-state index is 0.0474. The molecule has 0 N–H and O–H groups in total. The van der Waals surface area contributed by atoms with Gasteiger partial charge in [0.25, 0.3) is 0 Å². The fourth-order valence-electron chi connectivity index (χ4n) is 3.73. The lowest BCUT2D eigenvalue weighted by Gasteiger charge is -2.35. The summed E-state index contributed by atoms with van der Waals surface area (Å²) in [5, 5.41) is 0. The van der Waals surface area contributed by atoms with Crippen LogP contribution in [0.2, 0.25) is 0 Å². The number of hydrogen-bond donors (Lipinski definition) is 0. The van der Waals surface area contributed by atoms with Gasteiger partial charge in [-0.25, -0.2) is 4.39 Å². The molecule has 0 unspecified atom stereocenters. The molecule has 0 saturated carbocycles. The van der Waals surface area contributed by atoms with Gasteiger partial charge in [-0.1, -0.05) is 6.07 Å². The molecule has 1 saturated heterocycles. The van der Waals surface area contributed by atoms with Crippen molar-refractivity contribution in [1.29, 1.82) is 0 Å². The molecule has 29 heavy (non-hydrogen) atoms. The average Bonchev–Trinajstić information content (AvgIpc) is 3.20. The molecular weight excluding hydrogens is 371 g/mol. The van der Waals surface area contributed by atoms with Crippen molar-refractivity contribution in [2.75, 3.05) is 37.7 Å². The van der Waals surface area contributed by atoms with E-state index in [4.69, 9.17) is 4.74 Å². The van der Waals surface area contributed by atoms with E-state index in [1.54, 1.807) is 23.1 Å². The Bertz CT molecular complexity index is 978. The summed E-state index contributed by atoms with van der Waals surface area (Å²) in [4.78, 5) is 27.6. The molecule has 0 bridgehead atoms. The van der Waals surface area contributed by atoms with Gasteiger partial charge in [0.1, 0.15) is 11.6 Å². The fourth-order valence-corrected chi connectivity index (χ4v) is 3.73. The van der Waals surface area contributed by atoms with Crippen molar-refractivity contribution in [3.8, 4) is 5.75 Å². The standard InChI is InChI=1S/C23H23FN2O3/c1-16(27)18-4-5-21(20(24)15-18)25-9-11-26(12-10-25)23(28)7-3-17-2-6-22-19(14-17)8-13-29-22/h2-7,14-15H,8-13H2,1H3/b7-3+. The van der Waals surface area contributed by atoms with Crippen molar-refractivity contribution in [3.05, 3.63) is 65.0 Å². The highest BCUT2D eigenvalue weighted by atomic mass is 19.1. The Kier molecular flexibility index (Phi) is 5.34. The van der Waals surface area contributed by atoms with Crippen LogP contribution in [0.4, 0.5) is 10.1 Å². The molecule has 2 aliphatic heterocycles. The molecule has 2 heterocycles. The van der Waals surface area contributed by atoms with Crippen molar-refractivity contribution in [3.63, 3.8) is 0 Å². The second kappa shape index (κ2) is 8.07. The van der Waals surface area contributed by atoms with E-state index in [0.29, 0.717) is 44.0 Å². The van der Waals surface area contributed by atoms with Gasteiger partial charge in [-0.2, -0.15) is 0 Å². The quantitative estimate of drug-likeness (QED) is 0.590. The van der Waals surface area contributed by atoms with Gasteiger partial charge in [-0.15, -0.1) is 0 Å². The highest BCUT2D eigenvalue weighted by Crippen LogP contribution is 2.26. The normalized spacial score (nSPS) is 16.1. The molecule has 0 atom stereocenters. The van der Waals surface area contributed by atoms with E-state index in [9.17, 15) is 14.0 Å². The van der Waals surface area contributed by atoms with Crippen LogP contribution in [0, 0.1) is 5.82 Å². The van der Waals surface area contributed by atoms with Gasteiger partial charge in [-0.05, 0) is 54.5 Å². The first-order valence-electron chi connectivity index (χ1n) is 9.79. The maximum Gasteiger partial charge on any atom is 0.246 e. The first-order valence-corrected chi connectivity index (χ1v) is 9.79. The average molecular weight is 394 g/mol. The Balaban J connectivity index is 1.35. The zero-order chi connectivity index (χ0) is 20.4. The lowest BCUT2D eigenvalue weighted by molar-refractivity contribution is -0.126. The van der Waals surface area contributed by atoms with Crippen LogP contribution in [0.5, 0.6) is 5.75 Å². The molecule has 4 rings (SSSR count). The number of halogens is 1. The number of carbonyl (C=O) groups excluding carboxylic acids is 2. The summed E-state index contributed by atoms with van der Waals surface area (Å²) in [7, 11) is 0. The van der Waals surface area contributed by atoms with Gasteiger partial charge < -0.3 is 14.5 Å². The zero-order valence-corrected chi connectivity index (χ0v) is 16.4. The van der Waals surface area contributed by atoms with Gasteiger partial charge in [0.05, 0.1) is 12.3 Å². The molecule has 5 nitrogen and oxygen atoms in total. The summed E-state index contributed by atoms with van der Waals surface area (Å²) in [6.45, 7) is 4.27. The third-order valence-electron chi connectivity index (χ3n) is 5.42. The van der Waals surface area contributed by atoms with Crippen LogP contribution in [-0.2, 0) is 11.2 Å². The van der Waals surface area contributed by atoms with E-state index in [1.165, 1.54) is 18.6 Å². The summed E-state index contributed by atoms with van der Waals surface area (Å²) >= 11 is 0. The number of ketones is 1. The van der Waals surface area contributed by atoms with Crippen molar-refractivity contribution in [1.82, 2.24) is 4.90 Å². The molecule has 0 aliphatic carbocycles. The highest BCUT2D eigenvalue weighted by Gasteiger charge is 2.22. The van der Waals surface area contributed by atoms with E-state index in [1.807, 2.05) is 23.1 Å². The maximum absolute atomic E-state index is 14.4. The van der Waals surface area contributed by atoms with Crippen LogP contribution in [0.25, 0.3) is 6.08 Å². The molecule has 2 aromatic rings. The third kappa shape index (κ3) is 4.16. The van der Waals surface area contributed by atoms with Crippen molar-refractivity contribution in [2.24, 2.45) is 0 Å². The molecule has 1 fully saturated rings. The predicted octanol–water partition coefficient (Wildman–Crippen LogP) is 3.33. The number of amides is 1. The fraction of sp³-hybridized carbons (Fsp3) is 0.304. The first-order chi connectivity index (χ1) is 14.0. The number of rotatable bonds is 4. The summed E-state index contributed by atoms with van der Waals surface area (Å²) in [5.74, 6) is 0.313. The smallest absolute Gasteiger partial charge is 0.246 e. The number of Topliss-reactive ketones (excluding diaryl/α,β-unsaturated/α-hetero) is 1. The number of hydrogen-bond acceptors (Lipinski definition) is 4. The Morgan fingerprint density at radius 1 is 1.07 bits per heavy atom. The molecule has 1 amide bonds. The molecule has 150 valence electrons. The summed E-state index contributed by atoms with van der Waals surface area (Å²) in [5.41, 5.74) is 2.99. The molecule has 0 aromatic heterocycles. The SMILES string of the molecule is CC(=O)c1ccc(N2CCN(C(=O)/C=C/c3ccc4c(c3)CCO4)CC2)c(F)c1. The monoisotopic (exact) mass is 394 g/mol. The topological polar surface area (TPSA) is 49.9 Å². The lowest BCUT2D eigenvalue weighted by atomic mass is 10.1. The van der Waals surface area contributed by atoms with Crippen molar-refractivity contribution < 1.29 is 18.7 Å². The second-order valence-corrected chi connectivity index (χ2v) is 7.33. The number of nitrogens with zero attached hydrogens (tertiary/aromatic N) is 2. The minimum Gasteiger partial charge on any atom is -0.493 e. The van der Waals surface area contributed by atoms with E-state index >= 15 is 0 Å². The van der Waals surface area contributed by atoms with Gasteiger partial charge in [0.2, 0.25) is 5.91 Å². The molecule has 0 radical (unpaired) electrons. The Labute approximate surface area is 169 Å². The van der Waals surface area contributed by atoms with Crippen LogP contribution in [0.3, 0.4) is 0 Å². The minimum atomic E-state index is -0.405. The van der Waals surface area contributed by atoms with E-state index in [-0.39, 0.29) is 11.7 Å². The highest BCUT2D eigenvalue weighted by molar-refractivity contribution is 5.94. The molecule has 2 aliphatic rings. The van der Waals surface area contributed by atoms with Gasteiger partial charge in [-0.3, -0.25) is 9.59 Å². The zero-order valence-electron chi connectivity index (χ0n) is 16.4. The summed E-state index contributed by atoms with van der Waals surface area (Å²) in [6.07, 6.45) is 4.32. The van der Waals surface area contributed by atoms with Crippen LogP contribution in [-0.4, -0.2) is 49.4 Å². The summed E-state index contributed by atoms with van der Waals surface area (Å²) < 4.78 is 19.9. The lowest BCUT2D eigenvalue weighted by Crippen LogP contribution is -2.48. The van der Waals surface area contributed by atoms with Crippen LogP contribution >= 0.6 is 0 Å². The molecular formula is C23H23FN2O3. The van der Waals surface area contributed by atoms with E-state index in [2.05, 4.69) is 6.07 Å². The van der Waals surface area contributed by atoms with Gasteiger partial charge in [0, 0.05) is 44.2 Å². The largest absolute Gasteiger partial charge is 0.493 e. The number of carbonyl (C=O) groups is 2. The Morgan fingerprint density at radius 3 is 2.59 bits per heavy atom. The number of ether oxygens (including phenoxy) is 1.